The molecule has 3 heterocycles. The van der Waals surface area contributed by atoms with Crippen molar-refractivity contribution in [3.05, 3.63) is 92.8 Å². The zero-order chi connectivity index (χ0) is 28.1. The van der Waals surface area contributed by atoms with E-state index in [1.165, 1.54) is 17.6 Å². The van der Waals surface area contributed by atoms with Crippen LogP contribution in [0.25, 0.3) is 21.5 Å². The highest BCUT2D eigenvalue weighted by Crippen LogP contribution is 2.36. The average molecular weight is 691 g/mol. The highest BCUT2D eigenvalue weighted by molar-refractivity contribution is 14.1. The molecule has 1 atom stereocenters. The number of hydrogen-bond donors (Lipinski definition) is 0. The molecule has 0 amide bonds. The van der Waals surface area contributed by atoms with Gasteiger partial charge in [0, 0.05) is 18.8 Å². The number of rotatable bonds is 10. The van der Waals surface area contributed by atoms with Gasteiger partial charge in [0.2, 0.25) is 12.0 Å². The van der Waals surface area contributed by atoms with Crippen LogP contribution in [0, 0.1) is 9.39 Å². The molecule has 0 saturated heterocycles. The van der Waals surface area contributed by atoms with Crippen molar-refractivity contribution in [1.82, 2.24) is 19.3 Å². The topological polar surface area (TPSA) is 96.3 Å². The molecular formula is C28H21ClFIN4O4S. The largest absolute Gasteiger partial charge is 0.487 e. The Morgan fingerprint density at radius 2 is 1.93 bits per heavy atom. The lowest BCUT2D eigenvalue weighted by molar-refractivity contribution is -0.151. The summed E-state index contributed by atoms with van der Waals surface area (Å²) in [5.74, 6) is 0.155. The fourth-order valence-corrected chi connectivity index (χ4v) is 5.57. The predicted octanol–water partition coefficient (Wildman–Crippen LogP) is 6.68. The van der Waals surface area contributed by atoms with Gasteiger partial charge in [-0.15, -0.1) is 0 Å². The second kappa shape index (κ2) is 12.8. The van der Waals surface area contributed by atoms with E-state index in [2.05, 4.69) is 41.9 Å². The third kappa shape index (κ3) is 6.31. The highest BCUT2D eigenvalue weighted by Gasteiger charge is 2.27. The minimum atomic E-state index is -0.996. The minimum Gasteiger partial charge on any atom is -0.487 e. The molecule has 0 aliphatic carbocycles. The van der Waals surface area contributed by atoms with Crippen LogP contribution < -0.4 is 9.47 Å². The van der Waals surface area contributed by atoms with Gasteiger partial charge in [-0.05, 0) is 70.9 Å². The van der Waals surface area contributed by atoms with Crippen LogP contribution in [0.15, 0.2) is 67.0 Å². The number of fused-ring (bicyclic) bond motifs is 1. The van der Waals surface area contributed by atoms with Crippen molar-refractivity contribution in [1.29, 1.82) is 0 Å². The third-order valence-corrected chi connectivity index (χ3v) is 8.19. The number of ether oxygens (including phenoxy) is 3. The minimum absolute atomic E-state index is 0.104. The van der Waals surface area contributed by atoms with E-state index in [4.69, 9.17) is 25.8 Å². The molecule has 40 heavy (non-hydrogen) atoms. The van der Waals surface area contributed by atoms with Gasteiger partial charge in [0.15, 0.2) is 5.82 Å². The van der Waals surface area contributed by atoms with Crippen molar-refractivity contribution >= 4 is 61.8 Å². The van der Waals surface area contributed by atoms with Crippen LogP contribution in [0.2, 0.25) is 5.15 Å². The fourth-order valence-electron chi connectivity index (χ4n) is 3.89. The number of para-hydroxylation sites is 1. The van der Waals surface area contributed by atoms with E-state index in [1.807, 2.05) is 18.2 Å². The number of benzene rings is 2. The summed E-state index contributed by atoms with van der Waals surface area (Å²) in [6.45, 7) is 2.03. The Labute approximate surface area is 251 Å². The van der Waals surface area contributed by atoms with E-state index in [9.17, 15) is 9.18 Å². The summed E-state index contributed by atoms with van der Waals surface area (Å²) >= 11 is 9.51. The van der Waals surface area contributed by atoms with E-state index in [1.54, 1.807) is 49.6 Å². The SMILES string of the molecule is CCOC(=O)[C@@H](Cc1ccccc1OCc1ccnc(-c2ccccc2F)n1)Oc1nsc2cnc(Cl)c(I)c12. The standard InChI is InChI=1S/C28H21ClFIN4O4S/c1-2-37-28(36)21(39-27-23-22(40-35-27)14-33-25(29)24(23)31)13-16-7-3-6-10-20(16)38-15-17-11-12-32-26(34-17)18-8-4-5-9-19(18)30/h3-12,14,21H,2,13,15H2,1H3/t21-/m1/s1. The molecule has 0 N–H and O–H groups in total. The Morgan fingerprint density at radius 3 is 2.75 bits per heavy atom. The first-order chi connectivity index (χ1) is 19.4. The molecule has 0 bridgehead atoms. The van der Waals surface area contributed by atoms with Gasteiger partial charge in [-0.2, -0.15) is 4.37 Å². The maximum atomic E-state index is 14.2. The number of pyridine rings is 1. The Kier molecular flexibility index (Phi) is 9.02. The van der Waals surface area contributed by atoms with Crippen LogP contribution in [0.3, 0.4) is 0 Å². The second-order valence-electron chi connectivity index (χ2n) is 8.40. The van der Waals surface area contributed by atoms with Crippen LogP contribution in [0.1, 0.15) is 18.2 Å². The molecule has 0 aliphatic heterocycles. The summed E-state index contributed by atoms with van der Waals surface area (Å²) in [7, 11) is 0. The van der Waals surface area contributed by atoms with Crippen LogP contribution >= 0.6 is 45.7 Å². The number of hydrogen-bond acceptors (Lipinski definition) is 9. The van der Waals surface area contributed by atoms with Gasteiger partial charge in [0.25, 0.3) is 0 Å². The summed E-state index contributed by atoms with van der Waals surface area (Å²) in [5.41, 5.74) is 1.59. The second-order valence-corrected chi connectivity index (χ2v) is 10.6. The normalized spacial score (nSPS) is 11.8. The molecule has 3 aromatic heterocycles. The fraction of sp³-hybridized carbons (Fsp3) is 0.179. The van der Waals surface area contributed by atoms with Crippen LogP contribution in [0.5, 0.6) is 11.6 Å². The van der Waals surface area contributed by atoms with Crippen LogP contribution in [-0.2, 0) is 22.6 Å². The monoisotopic (exact) mass is 690 g/mol. The molecule has 2 aromatic carbocycles. The van der Waals surface area contributed by atoms with Gasteiger partial charge >= 0.3 is 5.97 Å². The number of carbonyl (C=O) groups is 1. The number of nitrogens with zero attached hydrogens (tertiary/aromatic N) is 4. The predicted molar refractivity (Wildman–Crippen MR) is 158 cm³/mol. The number of halogens is 3. The summed E-state index contributed by atoms with van der Waals surface area (Å²) in [6.07, 6.45) is 2.35. The molecule has 0 unspecified atom stereocenters. The van der Waals surface area contributed by atoms with Gasteiger partial charge in [-0.1, -0.05) is 41.9 Å². The smallest absolute Gasteiger partial charge is 0.347 e. The van der Waals surface area contributed by atoms with Crippen molar-refractivity contribution in [3.63, 3.8) is 0 Å². The van der Waals surface area contributed by atoms with Crippen molar-refractivity contribution in [3.8, 4) is 23.0 Å². The van der Waals surface area contributed by atoms with Gasteiger partial charge < -0.3 is 14.2 Å². The lowest BCUT2D eigenvalue weighted by atomic mass is 10.1. The van der Waals surface area contributed by atoms with Gasteiger partial charge in [0.1, 0.15) is 23.3 Å². The molecule has 0 saturated carbocycles. The summed E-state index contributed by atoms with van der Waals surface area (Å²) < 4.78 is 37.6. The summed E-state index contributed by atoms with van der Waals surface area (Å²) in [5, 5.41) is 1.02. The average Bonchev–Trinajstić information content (AvgIpc) is 3.38. The Balaban J connectivity index is 1.37. The van der Waals surface area contributed by atoms with E-state index in [0.29, 0.717) is 31.1 Å². The van der Waals surface area contributed by atoms with Crippen LogP contribution in [-0.4, -0.2) is 38.0 Å². The Bertz CT molecular complexity index is 1670. The Morgan fingerprint density at radius 1 is 1.12 bits per heavy atom. The maximum Gasteiger partial charge on any atom is 0.347 e. The maximum absolute atomic E-state index is 14.2. The summed E-state index contributed by atoms with van der Waals surface area (Å²) in [6, 6.07) is 15.3. The van der Waals surface area contributed by atoms with E-state index >= 15 is 0 Å². The lowest BCUT2D eigenvalue weighted by Gasteiger charge is -2.19. The molecule has 0 aliphatic rings. The van der Waals surface area contributed by atoms with Crippen molar-refractivity contribution in [2.24, 2.45) is 0 Å². The molecule has 5 rings (SSSR count). The summed E-state index contributed by atoms with van der Waals surface area (Å²) in [4.78, 5) is 25.8. The number of esters is 1. The van der Waals surface area contributed by atoms with Crippen LogP contribution in [0.4, 0.5) is 4.39 Å². The molecule has 5 aromatic rings. The van der Waals surface area contributed by atoms with Gasteiger partial charge in [-0.25, -0.2) is 24.1 Å². The highest BCUT2D eigenvalue weighted by atomic mass is 127. The van der Waals surface area contributed by atoms with Crippen molar-refractivity contribution < 1.29 is 23.4 Å². The molecule has 8 nitrogen and oxygen atoms in total. The molecule has 204 valence electrons. The lowest BCUT2D eigenvalue weighted by Crippen LogP contribution is -2.32. The quantitative estimate of drug-likeness (QED) is 0.0911. The molecule has 12 heteroatoms. The first kappa shape index (κ1) is 28.1. The zero-order valence-corrected chi connectivity index (χ0v) is 24.7. The number of carbonyl (C=O) groups excluding carboxylic acids is 1. The van der Waals surface area contributed by atoms with Gasteiger partial charge in [0.05, 0.1) is 31.5 Å². The number of aromatic nitrogens is 4. The molecule has 0 fully saturated rings. The first-order valence-electron chi connectivity index (χ1n) is 12.1. The van der Waals surface area contributed by atoms with E-state index < -0.39 is 17.9 Å². The first-order valence-corrected chi connectivity index (χ1v) is 14.4. The van der Waals surface area contributed by atoms with E-state index in [0.717, 1.165) is 10.3 Å². The van der Waals surface area contributed by atoms with E-state index in [-0.39, 0.29) is 31.3 Å². The van der Waals surface area contributed by atoms with Crippen molar-refractivity contribution in [2.75, 3.05) is 6.61 Å². The zero-order valence-electron chi connectivity index (χ0n) is 21.0. The van der Waals surface area contributed by atoms with Gasteiger partial charge in [-0.3, -0.25) is 0 Å². The third-order valence-electron chi connectivity index (χ3n) is 5.77. The van der Waals surface area contributed by atoms with Crippen molar-refractivity contribution in [2.45, 2.75) is 26.1 Å². The molecule has 0 spiro atoms. The Hall–Kier alpha value is -3.42. The molecule has 0 radical (unpaired) electrons. The molecular weight excluding hydrogens is 670 g/mol.